The number of aryl methyl sites for hydroxylation is 1. The first kappa shape index (κ1) is 18.4. The molecule has 1 aliphatic carbocycles. The number of fused-ring (bicyclic) bond motifs is 2. The van der Waals surface area contributed by atoms with E-state index < -0.39 is 0 Å². The number of esters is 1. The molecule has 1 aromatic heterocycles. The second-order valence-electron chi connectivity index (χ2n) is 8.13. The van der Waals surface area contributed by atoms with Crippen LogP contribution in [0.25, 0.3) is 10.9 Å². The second-order valence-corrected chi connectivity index (χ2v) is 8.13. The Labute approximate surface area is 155 Å². The standard InChI is InChI=1S/C22H26N2O2/c1-22(2,3)15-10-11-19-17(14-15)20(21(25)26-13-7-6-12-23)16-8-4-5-9-18(16)24-19/h4-5,8-9,15H,6-7,10-11,13-14H2,1-3H3. The summed E-state index contributed by atoms with van der Waals surface area (Å²) in [5.41, 5.74) is 3.81. The van der Waals surface area contributed by atoms with Gasteiger partial charge in [0, 0.05) is 17.5 Å². The summed E-state index contributed by atoms with van der Waals surface area (Å²) in [6.07, 6.45) is 3.82. The minimum absolute atomic E-state index is 0.192. The number of para-hydroxylation sites is 1. The van der Waals surface area contributed by atoms with Crippen molar-refractivity contribution in [2.24, 2.45) is 11.3 Å². The van der Waals surface area contributed by atoms with Gasteiger partial charge >= 0.3 is 5.97 Å². The maximum Gasteiger partial charge on any atom is 0.339 e. The van der Waals surface area contributed by atoms with Gasteiger partial charge in [0.05, 0.1) is 23.8 Å². The zero-order valence-electron chi connectivity index (χ0n) is 15.8. The van der Waals surface area contributed by atoms with Crippen LogP contribution in [0.4, 0.5) is 0 Å². The third-order valence-corrected chi connectivity index (χ3v) is 5.35. The lowest BCUT2D eigenvalue weighted by Gasteiger charge is -2.35. The smallest absolute Gasteiger partial charge is 0.339 e. The van der Waals surface area contributed by atoms with E-state index in [0.717, 1.165) is 41.4 Å². The Morgan fingerprint density at radius 1 is 1.35 bits per heavy atom. The van der Waals surface area contributed by atoms with Crippen molar-refractivity contribution in [1.82, 2.24) is 4.98 Å². The molecule has 0 N–H and O–H groups in total. The van der Waals surface area contributed by atoms with Crippen molar-refractivity contribution in [3.8, 4) is 6.07 Å². The fraction of sp³-hybridized carbons (Fsp3) is 0.500. The van der Waals surface area contributed by atoms with Crippen LogP contribution in [-0.2, 0) is 17.6 Å². The molecule has 0 amide bonds. The molecule has 0 aliphatic heterocycles. The van der Waals surface area contributed by atoms with Crippen LogP contribution >= 0.6 is 0 Å². The van der Waals surface area contributed by atoms with E-state index >= 15 is 0 Å². The largest absolute Gasteiger partial charge is 0.462 e. The maximum atomic E-state index is 12.9. The van der Waals surface area contributed by atoms with Crippen molar-refractivity contribution < 1.29 is 9.53 Å². The molecule has 4 nitrogen and oxygen atoms in total. The Morgan fingerprint density at radius 2 is 2.12 bits per heavy atom. The van der Waals surface area contributed by atoms with Gasteiger partial charge in [-0.1, -0.05) is 39.0 Å². The van der Waals surface area contributed by atoms with Gasteiger partial charge in [0.2, 0.25) is 0 Å². The monoisotopic (exact) mass is 350 g/mol. The van der Waals surface area contributed by atoms with Gasteiger partial charge in [0.15, 0.2) is 0 Å². The van der Waals surface area contributed by atoms with E-state index in [1.165, 1.54) is 0 Å². The lowest BCUT2D eigenvalue weighted by molar-refractivity contribution is 0.0501. The van der Waals surface area contributed by atoms with Crippen LogP contribution in [0.5, 0.6) is 0 Å². The van der Waals surface area contributed by atoms with Gasteiger partial charge in [-0.05, 0) is 48.6 Å². The maximum absolute atomic E-state index is 12.9. The summed E-state index contributed by atoms with van der Waals surface area (Å²) in [5, 5.41) is 9.52. The first-order chi connectivity index (χ1) is 12.4. The van der Waals surface area contributed by atoms with E-state index in [1.807, 2.05) is 24.3 Å². The number of aromatic nitrogens is 1. The van der Waals surface area contributed by atoms with E-state index in [0.29, 0.717) is 24.3 Å². The quantitative estimate of drug-likeness (QED) is 0.584. The first-order valence-corrected chi connectivity index (χ1v) is 9.36. The molecule has 4 heteroatoms. The number of hydrogen-bond donors (Lipinski definition) is 0. The number of hydrogen-bond acceptors (Lipinski definition) is 4. The zero-order chi connectivity index (χ0) is 18.7. The number of pyridine rings is 1. The minimum atomic E-state index is -0.285. The minimum Gasteiger partial charge on any atom is -0.462 e. The molecule has 3 rings (SSSR count). The van der Waals surface area contributed by atoms with Crippen LogP contribution in [0.3, 0.4) is 0 Å². The summed E-state index contributed by atoms with van der Waals surface area (Å²) >= 11 is 0. The zero-order valence-corrected chi connectivity index (χ0v) is 15.8. The van der Waals surface area contributed by atoms with Crippen molar-refractivity contribution in [2.75, 3.05) is 6.61 Å². The van der Waals surface area contributed by atoms with Crippen LogP contribution in [0.2, 0.25) is 0 Å². The summed E-state index contributed by atoms with van der Waals surface area (Å²) in [6.45, 7) is 7.06. The van der Waals surface area contributed by atoms with Crippen LogP contribution in [-0.4, -0.2) is 17.6 Å². The predicted molar refractivity (Wildman–Crippen MR) is 102 cm³/mol. The van der Waals surface area contributed by atoms with Gasteiger partial charge < -0.3 is 4.74 Å². The molecule has 1 atom stereocenters. The Kier molecular flexibility index (Phi) is 5.27. The average Bonchev–Trinajstić information content (AvgIpc) is 2.61. The van der Waals surface area contributed by atoms with Gasteiger partial charge in [-0.15, -0.1) is 0 Å². The van der Waals surface area contributed by atoms with Gasteiger partial charge in [0.25, 0.3) is 0 Å². The van der Waals surface area contributed by atoms with Crippen LogP contribution in [0.1, 0.15) is 61.6 Å². The summed E-state index contributed by atoms with van der Waals surface area (Å²) in [4.78, 5) is 17.8. The predicted octanol–water partition coefficient (Wildman–Crippen LogP) is 4.85. The van der Waals surface area contributed by atoms with Crippen molar-refractivity contribution in [3.63, 3.8) is 0 Å². The summed E-state index contributed by atoms with van der Waals surface area (Å²) < 4.78 is 5.51. The molecule has 0 spiro atoms. The Bertz CT molecular complexity index is 859. The second kappa shape index (κ2) is 7.45. The van der Waals surface area contributed by atoms with Gasteiger partial charge in [-0.3, -0.25) is 4.98 Å². The Hall–Kier alpha value is -2.41. The highest BCUT2D eigenvalue weighted by Gasteiger charge is 2.33. The number of carbonyl (C=O) groups excluding carboxylic acids is 1. The number of carbonyl (C=O) groups is 1. The third kappa shape index (κ3) is 3.72. The topological polar surface area (TPSA) is 63.0 Å². The van der Waals surface area contributed by atoms with Crippen molar-refractivity contribution in [2.45, 2.75) is 52.9 Å². The highest BCUT2D eigenvalue weighted by Crippen LogP contribution is 2.39. The molecule has 26 heavy (non-hydrogen) atoms. The van der Waals surface area contributed by atoms with Crippen LogP contribution < -0.4 is 0 Å². The molecule has 136 valence electrons. The number of ether oxygens (including phenoxy) is 1. The molecule has 0 saturated heterocycles. The first-order valence-electron chi connectivity index (χ1n) is 9.36. The fourth-order valence-electron chi connectivity index (χ4n) is 3.75. The van der Waals surface area contributed by atoms with Crippen molar-refractivity contribution >= 4 is 16.9 Å². The van der Waals surface area contributed by atoms with E-state index in [2.05, 4.69) is 26.8 Å². The van der Waals surface area contributed by atoms with E-state index in [9.17, 15) is 4.79 Å². The molecule has 0 radical (unpaired) electrons. The Balaban J connectivity index is 2.02. The highest BCUT2D eigenvalue weighted by molar-refractivity contribution is 6.05. The molecule has 2 aromatic rings. The molecule has 1 unspecified atom stereocenters. The van der Waals surface area contributed by atoms with Crippen molar-refractivity contribution in [1.29, 1.82) is 5.26 Å². The molecule has 1 aromatic carbocycles. The van der Waals surface area contributed by atoms with Crippen LogP contribution in [0.15, 0.2) is 24.3 Å². The molecule has 0 bridgehead atoms. The lowest BCUT2D eigenvalue weighted by atomic mass is 9.70. The molecular formula is C22H26N2O2. The molecule has 1 aliphatic rings. The number of benzene rings is 1. The summed E-state index contributed by atoms with van der Waals surface area (Å²) in [7, 11) is 0. The summed E-state index contributed by atoms with van der Waals surface area (Å²) in [5.74, 6) is 0.232. The molecule has 0 fully saturated rings. The van der Waals surface area contributed by atoms with E-state index in [1.54, 1.807) is 0 Å². The molecular weight excluding hydrogens is 324 g/mol. The molecule has 1 heterocycles. The number of nitrogens with zero attached hydrogens (tertiary/aromatic N) is 2. The number of rotatable bonds is 4. The van der Waals surface area contributed by atoms with Gasteiger partial charge in [0.1, 0.15) is 0 Å². The van der Waals surface area contributed by atoms with Crippen LogP contribution in [0, 0.1) is 22.7 Å². The lowest BCUT2D eigenvalue weighted by Crippen LogP contribution is -2.29. The fourth-order valence-corrected chi connectivity index (χ4v) is 3.75. The van der Waals surface area contributed by atoms with Crippen molar-refractivity contribution in [3.05, 3.63) is 41.1 Å². The van der Waals surface area contributed by atoms with E-state index in [-0.39, 0.29) is 18.0 Å². The Morgan fingerprint density at radius 3 is 2.85 bits per heavy atom. The SMILES string of the molecule is CC(C)(C)C1CCc2nc3ccccc3c(C(=O)OCCCC#N)c2C1. The van der Waals surface area contributed by atoms with Gasteiger partial charge in [-0.2, -0.15) is 5.26 Å². The summed E-state index contributed by atoms with van der Waals surface area (Å²) in [6, 6.07) is 9.88. The van der Waals surface area contributed by atoms with E-state index in [4.69, 9.17) is 15.0 Å². The third-order valence-electron chi connectivity index (χ3n) is 5.35. The molecule has 0 saturated carbocycles. The normalized spacial score (nSPS) is 16.8. The number of unbranched alkanes of at least 4 members (excludes halogenated alkanes) is 1. The number of nitriles is 1. The highest BCUT2D eigenvalue weighted by atomic mass is 16.5. The average molecular weight is 350 g/mol. The van der Waals surface area contributed by atoms with Gasteiger partial charge in [-0.25, -0.2) is 4.79 Å².